The van der Waals surface area contributed by atoms with Crippen LogP contribution in [0.1, 0.15) is 29.7 Å². The fourth-order valence-electron chi connectivity index (χ4n) is 2.58. The molecule has 21 heavy (non-hydrogen) atoms. The molecule has 0 amide bonds. The molecule has 2 aromatic rings. The Labute approximate surface area is 132 Å². The van der Waals surface area contributed by atoms with Crippen LogP contribution in [0.3, 0.4) is 0 Å². The topological polar surface area (TPSA) is 29.3 Å². The lowest BCUT2D eigenvalue weighted by molar-refractivity contribution is 0.643. The predicted octanol–water partition coefficient (Wildman–Crippen LogP) is 4.48. The van der Waals surface area contributed by atoms with Gasteiger partial charge in [-0.2, -0.15) is 0 Å². The zero-order valence-corrected chi connectivity index (χ0v) is 13.7. The first-order valence-corrected chi connectivity index (χ1v) is 7.74. The van der Waals surface area contributed by atoms with E-state index in [2.05, 4.69) is 55.1 Å². The second-order valence-corrected chi connectivity index (χ2v) is 5.79. The van der Waals surface area contributed by atoms with Crippen molar-refractivity contribution in [1.82, 2.24) is 0 Å². The van der Waals surface area contributed by atoms with Crippen molar-refractivity contribution in [2.24, 2.45) is 5.73 Å². The summed E-state index contributed by atoms with van der Waals surface area (Å²) in [4.78, 5) is 2.32. The zero-order valence-electron chi connectivity index (χ0n) is 12.9. The molecule has 0 saturated carbocycles. The van der Waals surface area contributed by atoms with E-state index in [4.69, 9.17) is 17.3 Å². The van der Waals surface area contributed by atoms with Gasteiger partial charge in [0.1, 0.15) is 0 Å². The summed E-state index contributed by atoms with van der Waals surface area (Å²) in [6.45, 7) is 7.72. The number of halogens is 1. The maximum atomic E-state index is 6.27. The molecule has 0 aliphatic heterocycles. The minimum atomic E-state index is 0.135. The van der Waals surface area contributed by atoms with E-state index in [-0.39, 0.29) is 6.04 Å². The van der Waals surface area contributed by atoms with Crippen molar-refractivity contribution in [2.45, 2.75) is 26.8 Å². The molecule has 0 radical (unpaired) electrons. The van der Waals surface area contributed by atoms with Crippen molar-refractivity contribution < 1.29 is 0 Å². The lowest BCUT2D eigenvalue weighted by Gasteiger charge is -2.32. The van der Waals surface area contributed by atoms with Crippen molar-refractivity contribution >= 4 is 17.3 Å². The number of hydrogen-bond acceptors (Lipinski definition) is 2. The molecule has 112 valence electrons. The lowest BCUT2D eigenvalue weighted by Crippen LogP contribution is -2.33. The minimum absolute atomic E-state index is 0.135. The number of aryl methyl sites for hydroxylation is 2. The molecular formula is C18H23ClN2. The van der Waals surface area contributed by atoms with Gasteiger partial charge in [0, 0.05) is 23.8 Å². The maximum Gasteiger partial charge on any atom is 0.0665 e. The third kappa shape index (κ3) is 3.58. The number of nitrogens with two attached hydrogens (primary N) is 1. The lowest BCUT2D eigenvalue weighted by atomic mass is 10.0. The summed E-state index contributed by atoms with van der Waals surface area (Å²) in [6.07, 6.45) is 0. The first-order chi connectivity index (χ1) is 10.1. The molecule has 0 aliphatic carbocycles. The predicted molar refractivity (Wildman–Crippen MR) is 92.2 cm³/mol. The average molecular weight is 303 g/mol. The minimum Gasteiger partial charge on any atom is -0.363 e. The largest absolute Gasteiger partial charge is 0.363 e. The van der Waals surface area contributed by atoms with Crippen molar-refractivity contribution in [3.8, 4) is 0 Å². The monoisotopic (exact) mass is 302 g/mol. The van der Waals surface area contributed by atoms with Crippen LogP contribution in [0.4, 0.5) is 5.69 Å². The molecule has 0 spiro atoms. The molecule has 0 heterocycles. The number of hydrogen-bond donors (Lipinski definition) is 1. The van der Waals surface area contributed by atoms with E-state index in [1.807, 2.05) is 13.0 Å². The Hall–Kier alpha value is -1.51. The number of nitrogens with zero attached hydrogens (tertiary/aromatic N) is 1. The Kier molecular flexibility index (Phi) is 5.27. The van der Waals surface area contributed by atoms with E-state index >= 15 is 0 Å². The highest BCUT2D eigenvalue weighted by atomic mass is 35.5. The van der Waals surface area contributed by atoms with Gasteiger partial charge in [0.05, 0.1) is 6.04 Å². The Balaban J connectivity index is 2.36. The molecule has 0 aromatic heterocycles. The highest BCUT2D eigenvalue weighted by Gasteiger charge is 2.18. The molecule has 2 aromatic carbocycles. The molecule has 1 unspecified atom stereocenters. The van der Waals surface area contributed by atoms with Crippen molar-refractivity contribution in [3.05, 3.63) is 64.2 Å². The van der Waals surface area contributed by atoms with Crippen molar-refractivity contribution in [3.63, 3.8) is 0 Å². The third-order valence-corrected chi connectivity index (χ3v) is 4.29. The maximum absolute atomic E-state index is 6.27. The molecule has 1 atom stereocenters. The molecule has 3 heteroatoms. The van der Waals surface area contributed by atoms with Crippen LogP contribution < -0.4 is 10.6 Å². The van der Waals surface area contributed by atoms with Crippen LogP contribution in [0.25, 0.3) is 0 Å². The quantitative estimate of drug-likeness (QED) is 0.882. The molecule has 0 bridgehead atoms. The Bertz CT molecular complexity index is 593. The molecule has 2 rings (SSSR count). The van der Waals surface area contributed by atoms with Crippen molar-refractivity contribution in [2.75, 3.05) is 18.0 Å². The summed E-state index contributed by atoms with van der Waals surface area (Å²) in [6, 6.07) is 14.9. The normalized spacial score (nSPS) is 12.2. The average Bonchev–Trinajstić information content (AvgIpc) is 2.49. The summed E-state index contributed by atoms with van der Waals surface area (Å²) < 4.78 is 0. The second kappa shape index (κ2) is 6.97. The standard InChI is InChI=1S/C18H23ClN2/c1-4-21(16-9-5-13(2)6-10-16)18(12-20)15-8-7-14(3)17(19)11-15/h5-11,18H,4,12,20H2,1-3H3. The summed E-state index contributed by atoms with van der Waals surface area (Å²) >= 11 is 6.27. The Morgan fingerprint density at radius 2 is 1.76 bits per heavy atom. The SMILES string of the molecule is CCN(c1ccc(C)cc1)C(CN)c1ccc(C)c(Cl)c1. The highest BCUT2D eigenvalue weighted by Crippen LogP contribution is 2.29. The molecule has 2 N–H and O–H groups in total. The molecule has 0 aliphatic rings. The number of likely N-dealkylation sites (N-methyl/N-ethyl adjacent to an activating group) is 1. The number of rotatable bonds is 5. The van der Waals surface area contributed by atoms with E-state index in [9.17, 15) is 0 Å². The fourth-order valence-corrected chi connectivity index (χ4v) is 2.77. The summed E-state index contributed by atoms with van der Waals surface area (Å²) in [7, 11) is 0. The van der Waals surface area contributed by atoms with Crippen molar-refractivity contribution in [1.29, 1.82) is 0 Å². The molecule has 0 fully saturated rings. The van der Waals surface area contributed by atoms with Gasteiger partial charge in [-0.1, -0.05) is 41.4 Å². The zero-order chi connectivity index (χ0) is 15.4. The Morgan fingerprint density at radius 3 is 2.29 bits per heavy atom. The van der Waals surface area contributed by atoms with Gasteiger partial charge in [-0.05, 0) is 50.1 Å². The van der Waals surface area contributed by atoms with Crippen LogP contribution in [0.2, 0.25) is 5.02 Å². The van der Waals surface area contributed by atoms with E-state index in [1.54, 1.807) is 0 Å². The van der Waals surface area contributed by atoms with Gasteiger partial charge in [0.15, 0.2) is 0 Å². The fraction of sp³-hybridized carbons (Fsp3) is 0.333. The van der Waals surface area contributed by atoms with Gasteiger partial charge in [-0.3, -0.25) is 0 Å². The smallest absolute Gasteiger partial charge is 0.0665 e. The molecule has 0 saturated heterocycles. The Morgan fingerprint density at radius 1 is 1.10 bits per heavy atom. The van der Waals surface area contributed by atoms with E-state index in [0.717, 1.165) is 22.7 Å². The summed E-state index contributed by atoms with van der Waals surface area (Å²) in [5, 5.41) is 0.797. The van der Waals surface area contributed by atoms with Crippen LogP contribution in [0.5, 0.6) is 0 Å². The first-order valence-electron chi connectivity index (χ1n) is 7.36. The number of anilines is 1. The van der Waals surface area contributed by atoms with Gasteiger partial charge in [0.2, 0.25) is 0 Å². The third-order valence-electron chi connectivity index (χ3n) is 3.89. The molecular weight excluding hydrogens is 280 g/mol. The summed E-state index contributed by atoms with van der Waals surface area (Å²) in [5.74, 6) is 0. The van der Waals surface area contributed by atoms with E-state index < -0.39 is 0 Å². The van der Waals surface area contributed by atoms with Gasteiger partial charge < -0.3 is 10.6 Å². The molecule has 2 nitrogen and oxygen atoms in total. The van der Waals surface area contributed by atoms with Gasteiger partial charge in [-0.25, -0.2) is 0 Å². The van der Waals surface area contributed by atoms with E-state index in [1.165, 1.54) is 11.3 Å². The van der Waals surface area contributed by atoms with Gasteiger partial charge >= 0.3 is 0 Å². The van der Waals surface area contributed by atoms with Crippen LogP contribution in [0.15, 0.2) is 42.5 Å². The highest BCUT2D eigenvalue weighted by molar-refractivity contribution is 6.31. The van der Waals surface area contributed by atoms with Crippen LogP contribution in [-0.2, 0) is 0 Å². The first kappa shape index (κ1) is 15.9. The second-order valence-electron chi connectivity index (χ2n) is 5.38. The van der Waals surface area contributed by atoms with E-state index in [0.29, 0.717) is 6.54 Å². The van der Waals surface area contributed by atoms with Crippen LogP contribution in [0, 0.1) is 13.8 Å². The van der Waals surface area contributed by atoms with Gasteiger partial charge in [0.25, 0.3) is 0 Å². The van der Waals surface area contributed by atoms with Crippen LogP contribution >= 0.6 is 11.6 Å². The van der Waals surface area contributed by atoms with Gasteiger partial charge in [-0.15, -0.1) is 0 Å². The summed E-state index contributed by atoms with van der Waals surface area (Å²) in [5.41, 5.74) is 10.8. The van der Waals surface area contributed by atoms with Crippen LogP contribution in [-0.4, -0.2) is 13.1 Å². The number of benzene rings is 2.